The number of hydrogen-bond acceptors (Lipinski definition) is 4. The molecule has 0 aliphatic carbocycles. The number of ether oxygens (including phenoxy) is 2. The maximum atomic E-state index is 6.17. The zero-order valence-corrected chi connectivity index (χ0v) is 17.0. The van der Waals surface area contributed by atoms with E-state index in [-0.39, 0.29) is 0 Å². The van der Waals surface area contributed by atoms with Crippen LogP contribution in [0.1, 0.15) is 11.1 Å². The summed E-state index contributed by atoms with van der Waals surface area (Å²) in [7, 11) is 1.57. The molecule has 8 heteroatoms. The number of nitrogens with one attached hydrogen (secondary N) is 2. The van der Waals surface area contributed by atoms with Crippen molar-refractivity contribution in [3.05, 3.63) is 70.2 Å². The van der Waals surface area contributed by atoms with Crippen molar-refractivity contribution in [2.45, 2.75) is 6.61 Å². The quantitative estimate of drug-likeness (QED) is 0.282. The molecule has 0 amide bonds. The summed E-state index contributed by atoms with van der Waals surface area (Å²) in [5, 5.41) is 8.54. The Labute approximate surface area is 174 Å². The van der Waals surface area contributed by atoms with Crippen LogP contribution in [-0.2, 0) is 6.61 Å². The normalized spacial score (nSPS) is 10.5. The lowest BCUT2D eigenvalue weighted by atomic mass is 10.2. The number of hydrazone groups is 1. The Hall–Kier alpha value is -2.28. The molecule has 0 saturated carbocycles. The zero-order chi connectivity index (χ0) is 19.6. The van der Waals surface area contributed by atoms with E-state index in [2.05, 4.69) is 22.4 Å². The SMILES string of the molecule is C=CCNC(=S)N/N=C\c1ccc(OCc2ccc(Cl)cc2Cl)c(OC)c1. The maximum absolute atomic E-state index is 6.17. The number of nitrogens with zero attached hydrogens (tertiary/aromatic N) is 1. The fraction of sp³-hybridized carbons (Fsp3) is 0.158. The maximum Gasteiger partial charge on any atom is 0.187 e. The summed E-state index contributed by atoms with van der Waals surface area (Å²) < 4.78 is 11.2. The van der Waals surface area contributed by atoms with Gasteiger partial charge in [0, 0.05) is 22.2 Å². The summed E-state index contributed by atoms with van der Waals surface area (Å²) in [4.78, 5) is 0. The molecule has 0 saturated heterocycles. The molecule has 2 aromatic rings. The molecule has 0 atom stereocenters. The van der Waals surface area contributed by atoms with Crippen molar-refractivity contribution in [1.29, 1.82) is 0 Å². The largest absolute Gasteiger partial charge is 0.493 e. The monoisotopic (exact) mass is 423 g/mol. The molecule has 27 heavy (non-hydrogen) atoms. The molecule has 0 bridgehead atoms. The van der Waals surface area contributed by atoms with E-state index < -0.39 is 0 Å². The van der Waals surface area contributed by atoms with E-state index in [1.54, 1.807) is 37.6 Å². The average Bonchev–Trinajstić information content (AvgIpc) is 2.66. The van der Waals surface area contributed by atoms with Crippen LogP contribution in [0.25, 0.3) is 0 Å². The number of methoxy groups -OCH3 is 1. The van der Waals surface area contributed by atoms with Crippen molar-refractivity contribution in [3.8, 4) is 11.5 Å². The second kappa shape index (κ2) is 10.8. The van der Waals surface area contributed by atoms with E-state index in [1.165, 1.54) is 0 Å². The van der Waals surface area contributed by atoms with Crippen LogP contribution in [0.3, 0.4) is 0 Å². The molecule has 0 unspecified atom stereocenters. The highest BCUT2D eigenvalue weighted by atomic mass is 35.5. The zero-order valence-electron chi connectivity index (χ0n) is 14.7. The standard InChI is InChI=1S/C19H19Cl2N3O2S/c1-3-8-22-19(27)24-23-11-13-4-7-17(18(9-13)25-2)26-12-14-5-6-15(20)10-16(14)21/h3-7,9-11H,1,8,12H2,2H3,(H2,22,24,27)/b23-11-. The van der Waals surface area contributed by atoms with E-state index in [1.807, 2.05) is 18.2 Å². The van der Waals surface area contributed by atoms with Gasteiger partial charge in [0.15, 0.2) is 16.6 Å². The fourth-order valence-electron chi connectivity index (χ4n) is 2.05. The van der Waals surface area contributed by atoms with Gasteiger partial charge in [0.05, 0.1) is 13.3 Å². The van der Waals surface area contributed by atoms with E-state index in [4.69, 9.17) is 44.9 Å². The third-order valence-electron chi connectivity index (χ3n) is 3.37. The first-order valence-electron chi connectivity index (χ1n) is 7.96. The first-order chi connectivity index (χ1) is 13.0. The molecule has 0 aliphatic heterocycles. The van der Waals surface area contributed by atoms with Gasteiger partial charge in [-0.25, -0.2) is 0 Å². The predicted molar refractivity (Wildman–Crippen MR) is 115 cm³/mol. The van der Waals surface area contributed by atoms with Crippen LogP contribution in [-0.4, -0.2) is 25.0 Å². The predicted octanol–water partition coefficient (Wildman–Crippen LogP) is 4.57. The minimum Gasteiger partial charge on any atom is -0.493 e. The summed E-state index contributed by atoms with van der Waals surface area (Å²) in [5.41, 5.74) is 4.37. The van der Waals surface area contributed by atoms with Gasteiger partial charge in [0.2, 0.25) is 0 Å². The van der Waals surface area contributed by atoms with Gasteiger partial charge in [-0.2, -0.15) is 5.10 Å². The first kappa shape index (κ1) is 21.0. The van der Waals surface area contributed by atoms with E-state index in [9.17, 15) is 0 Å². The van der Waals surface area contributed by atoms with Crippen LogP contribution in [0.15, 0.2) is 54.2 Å². The van der Waals surface area contributed by atoms with Gasteiger partial charge >= 0.3 is 0 Å². The second-order valence-electron chi connectivity index (χ2n) is 5.30. The summed E-state index contributed by atoms with van der Waals surface area (Å²) in [6, 6.07) is 10.7. The summed E-state index contributed by atoms with van der Waals surface area (Å²) in [5.74, 6) is 1.17. The summed E-state index contributed by atoms with van der Waals surface area (Å²) in [6.45, 7) is 4.47. The minimum absolute atomic E-state index is 0.296. The Kier molecular flexibility index (Phi) is 8.39. The Bertz CT molecular complexity index is 844. The van der Waals surface area contributed by atoms with E-state index in [0.717, 1.165) is 11.1 Å². The highest BCUT2D eigenvalue weighted by Crippen LogP contribution is 2.29. The van der Waals surface area contributed by atoms with Crippen molar-refractivity contribution < 1.29 is 9.47 Å². The van der Waals surface area contributed by atoms with Crippen LogP contribution < -0.4 is 20.2 Å². The Morgan fingerprint density at radius 2 is 2.04 bits per heavy atom. The lowest BCUT2D eigenvalue weighted by Gasteiger charge is -2.12. The van der Waals surface area contributed by atoms with Crippen molar-refractivity contribution in [1.82, 2.24) is 10.7 Å². The molecule has 0 radical (unpaired) electrons. The van der Waals surface area contributed by atoms with Crippen molar-refractivity contribution in [2.24, 2.45) is 5.10 Å². The summed E-state index contributed by atoms with van der Waals surface area (Å²) >= 11 is 17.1. The summed E-state index contributed by atoms with van der Waals surface area (Å²) in [6.07, 6.45) is 3.34. The molecular weight excluding hydrogens is 405 g/mol. The lowest BCUT2D eigenvalue weighted by molar-refractivity contribution is 0.284. The molecule has 142 valence electrons. The molecule has 2 rings (SSSR count). The number of rotatable bonds is 8. The lowest BCUT2D eigenvalue weighted by Crippen LogP contribution is -2.31. The van der Waals surface area contributed by atoms with Gasteiger partial charge in [-0.3, -0.25) is 5.43 Å². The molecule has 0 spiro atoms. The first-order valence-corrected chi connectivity index (χ1v) is 9.12. The van der Waals surface area contributed by atoms with Gasteiger partial charge in [-0.15, -0.1) is 6.58 Å². The molecule has 0 aromatic heterocycles. The minimum atomic E-state index is 0.296. The number of halogens is 2. The van der Waals surface area contributed by atoms with Gasteiger partial charge in [0.1, 0.15) is 6.61 Å². The smallest absolute Gasteiger partial charge is 0.187 e. The molecule has 0 heterocycles. The van der Waals surface area contributed by atoms with E-state index >= 15 is 0 Å². The van der Waals surface area contributed by atoms with Crippen LogP contribution in [0.5, 0.6) is 11.5 Å². The van der Waals surface area contributed by atoms with Crippen LogP contribution in [0, 0.1) is 0 Å². The van der Waals surface area contributed by atoms with Crippen LogP contribution in [0.2, 0.25) is 10.0 Å². The number of thiocarbonyl (C=S) groups is 1. The van der Waals surface area contributed by atoms with Gasteiger partial charge < -0.3 is 14.8 Å². The van der Waals surface area contributed by atoms with Crippen LogP contribution in [0.4, 0.5) is 0 Å². The van der Waals surface area contributed by atoms with Crippen molar-refractivity contribution in [3.63, 3.8) is 0 Å². The Balaban J connectivity index is 2.00. The second-order valence-corrected chi connectivity index (χ2v) is 6.56. The number of hydrogen-bond donors (Lipinski definition) is 2. The highest BCUT2D eigenvalue weighted by molar-refractivity contribution is 7.80. The third-order valence-corrected chi connectivity index (χ3v) is 4.20. The Morgan fingerprint density at radius 3 is 2.74 bits per heavy atom. The topological polar surface area (TPSA) is 54.9 Å². The molecular formula is C19H19Cl2N3O2S. The average molecular weight is 424 g/mol. The van der Waals surface area contributed by atoms with Gasteiger partial charge in [0.25, 0.3) is 0 Å². The number of benzene rings is 2. The molecule has 0 fully saturated rings. The van der Waals surface area contributed by atoms with Crippen molar-refractivity contribution >= 4 is 46.7 Å². The van der Waals surface area contributed by atoms with Crippen molar-refractivity contribution in [2.75, 3.05) is 13.7 Å². The van der Waals surface area contributed by atoms with E-state index in [0.29, 0.717) is 39.8 Å². The molecule has 5 nitrogen and oxygen atoms in total. The van der Waals surface area contributed by atoms with Crippen LogP contribution >= 0.6 is 35.4 Å². The molecule has 2 aromatic carbocycles. The highest BCUT2D eigenvalue weighted by Gasteiger charge is 2.08. The Morgan fingerprint density at radius 1 is 1.22 bits per heavy atom. The van der Waals surface area contributed by atoms with Gasteiger partial charge in [-0.05, 0) is 48.1 Å². The molecule has 0 aliphatic rings. The van der Waals surface area contributed by atoms with Gasteiger partial charge in [-0.1, -0.05) is 35.3 Å². The fourth-order valence-corrected chi connectivity index (χ4v) is 2.65. The molecule has 2 N–H and O–H groups in total. The third kappa shape index (κ3) is 6.75.